The fourth-order valence-corrected chi connectivity index (χ4v) is 1.22. The number of carboxylic acid groups (broad SMARTS) is 1. The van der Waals surface area contributed by atoms with Crippen LogP contribution in [0.25, 0.3) is 0 Å². The summed E-state index contributed by atoms with van der Waals surface area (Å²) in [6, 6.07) is -1.21. The Morgan fingerprint density at radius 2 is 1.75 bits per heavy atom. The second-order valence-corrected chi connectivity index (χ2v) is 5.40. The molecule has 0 rings (SSSR count). The van der Waals surface area contributed by atoms with Crippen LogP contribution in [0.3, 0.4) is 0 Å². The fraction of sp³-hybridized carbons (Fsp3) is 0.667. The van der Waals surface area contributed by atoms with Crippen LogP contribution >= 0.6 is 0 Å². The van der Waals surface area contributed by atoms with E-state index < -0.39 is 29.2 Å². The minimum Gasteiger partial charge on any atom is -0.480 e. The van der Waals surface area contributed by atoms with Crippen LogP contribution in [0.15, 0.2) is 0 Å². The number of primary amides is 1. The molecule has 0 aromatic carbocycles. The molecule has 0 spiro atoms. The Kier molecular flexibility index (Phi) is 6.67. The molecular weight excluding hydrogens is 266 g/mol. The Balaban J connectivity index is 4.30. The third-order valence-electron chi connectivity index (χ3n) is 2.40. The van der Waals surface area contributed by atoms with E-state index >= 15 is 0 Å². The van der Waals surface area contributed by atoms with Crippen molar-refractivity contribution in [3.05, 3.63) is 0 Å². The third kappa shape index (κ3) is 7.34. The van der Waals surface area contributed by atoms with Crippen LogP contribution in [0, 0.1) is 5.41 Å². The predicted octanol–water partition coefficient (Wildman–Crippen LogP) is -1.02. The van der Waals surface area contributed by atoms with Crippen molar-refractivity contribution < 1.29 is 24.3 Å². The zero-order valence-electron chi connectivity index (χ0n) is 11.9. The molecule has 0 aromatic rings. The van der Waals surface area contributed by atoms with Crippen molar-refractivity contribution in [2.24, 2.45) is 11.1 Å². The highest BCUT2D eigenvalue weighted by atomic mass is 16.4. The van der Waals surface area contributed by atoms with Crippen LogP contribution in [0.5, 0.6) is 0 Å². The molecule has 0 unspecified atom stereocenters. The predicted molar refractivity (Wildman–Crippen MR) is 70.5 cm³/mol. The SMILES string of the molecule is CC(C)(C)C(=O)NCC(=O)N[C@H](CCC(N)=O)C(=O)O. The molecule has 0 aromatic heterocycles. The first-order valence-corrected chi connectivity index (χ1v) is 6.13. The van der Waals surface area contributed by atoms with Crippen molar-refractivity contribution in [1.82, 2.24) is 10.6 Å². The van der Waals surface area contributed by atoms with Gasteiger partial charge in [0.25, 0.3) is 0 Å². The Morgan fingerprint density at radius 1 is 1.20 bits per heavy atom. The molecule has 1 atom stereocenters. The monoisotopic (exact) mass is 287 g/mol. The van der Waals surface area contributed by atoms with Gasteiger partial charge in [0.1, 0.15) is 6.04 Å². The highest BCUT2D eigenvalue weighted by Gasteiger charge is 2.23. The molecule has 0 fully saturated rings. The first kappa shape index (κ1) is 17.9. The van der Waals surface area contributed by atoms with Gasteiger partial charge in [-0.25, -0.2) is 4.79 Å². The lowest BCUT2D eigenvalue weighted by atomic mass is 9.96. The summed E-state index contributed by atoms with van der Waals surface area (Å²) in [4.78, 5) is 44.6. The number of nitrogens with one attached hydrogen (secondary N) is 2. The van der Waals surface area contributed by atoms with E-state index in [4.69, 9.17) is 10.8 Å². The lowest BCUT2D eigenvalue weighted by molar-refractivity contribution is -0.142. The summed E-state index contributed by atoms with van der Waals surface area (Å²) in [6.45, 7) is 4.74. The first-order valence-electron chi connectivity index (χ1n) is 6.13. The van der Waals surface area contributed by atoms with Crippen LogP contribution in [0.1, 0.15) is 33.6 Å². The van der Waals surface area contributed by atoms with Gasteiger partial charge in [-0.05, 0) is 6.42 Å². The third-order valence-corrected chi connectivity index (χ3v) is 2.40. The summed E-state index contributed by atoms with van der Waals surface area (Å²) >= 11 is 0. The van der Waals surface area contributed by atoms with E-state index in [1.54, 1.807) is 20.8 Å². The molecule has 0 heterocycles. The van der Waals surface area contributed by atoms with Crippen LogP contribution < -0.4 is 16.4 Å². The zero-order valence-corrected chi connectivity index (χ0v) is 11.9. The fourth-order valence-electron chi connectivity index (χ4n) is 1.22. The standard InChI is InChI=1S/C12H21N3O5/c1-12(2,3)11(20)14-6-9(17)15-7(10(18)19)4-5-8(13)16/h7H,4-6H2,1-3H3,(H2,13,16)(H,14,20)(H,15,17)(H,18,19)/t7-/m1/s1. The average molecular weight is 287 g/mol. The number of amides is 3. The summed E-state index contributed by atoms with van der Waals surface area (Å²) in [6.07, 6.45) is -0.241. The van der Waals surface area contributed by atoms with Gasteiger partial charge >= 0.3 is 5.97 Å². The van der Waals surface area contributed by atoms with Gasteiger partial charge in [-0.15, -0.1) is 0 Å². The van der Waals surface area contributed by atoms with Crippen molar-refractivity contribution in [2.75, 3.05) is 6.54 Å². The Bertz CT molecular complexity index is 400. The van der Waals surface area contributed by atoms with Gasteiger partial charge in [0.05, 0.1) is 6.54 Å². The van der Waals surface area contributed by atoms with E-state index in [0.717, 1.165) is 0 Å². The van der Waals surface area contributed by atoms with Crippen molar-refractivity contribution in [3.8, 4) is 0 Å². The number of carbonyl (C=O) groups excluding carboxylic acids is 3. The second-order valence-electron chi connectivity index (χ2n) is 5.40. The Hall–Kier alpha value is -2.12. The number of hydrogen-bond acceptors (Lipinski definition) is 4. The molecule has 8 heteroatoms. The summed E-state index contributed by atoms with van der Waals surface area (Å²) in [5.41, 5.74) is 4.28. The molecular formula is C12H21N3O5. The van der Waals surface area contributed by atoms with Crippen molar-refractivity contribution in [2.45, 2.75) is 39.7 Å². The molecule has 0 saturated carbocycles. The maximum absolute atomic E-state index is 11.5. The molecule has 0 bridgehead atoms. The molecule has 0 radical (unpaired) electrons. The normalized spacial score (nSPS) is 12.3. The van der Waals surface area contributed by atoms with Crippen molar-refractivity contribution in [1.29, 1.82) is 0 Å². The lowest BCUT2D eigenvalue weighted by Crippen LogP contribution is -2.47. The molecule has 3 amide bonds. The topological polar surface area (TPSA) is 139 Å². The summed E-state index contributed by atoms with van der Waals surface area (Å²) in [7, 11) is 0. The van der Waals surface area contributed by atoms with Gasteiger partial charge in [0, 0.05) is 11.8 Å². The first-order chi connectivity index (χ1) is 9.04. The van der Waals surface area contributed by atoms with Gasteiger partial charge in [-0.3, -0.25) is 14.4 Å². The van der Waals surface area contributed by atoms with Crippen molar-refractivity contribution in [3.63, 3.8) is 0 Å². The quantitative estimate of drug-likeness (QED) is 0.475. The van der Waals surface area contributed by atoms with Crippen LogP contribution in [0.4, 0.5) is 0 Å². The van der Waals surface area contributed by atoms with Crippen LogP contribution in [-0.2, 0) is 19.2 Å². The average Bonchev–Trinajstić information content (AvgIpc) is 2.29. The summed E-state index contributed by atoms with van der Waals surface area (Å²) < 4.78 is 0. The van der Waals surface area contributed by atoms with Crippen molar-refractivity contribution >= 4 is 23.7 Å². The van der Waals surface area contributed by atoms with E-state index in [-0.39, 0.29) is 25.3 Å². The van der Waals surface area contributed by atoms with Gasteiger partial charge < -0.3 is 21.5 Å². The zero-order chi connectivity index (χ0) is 15.9. The van der Waals surface area contributed by atoms with Gasteiger partial charge in [-0.2, -0.15) is 0 Å². The maximum Gasteiger partial charge on any atom is 0.326 e. The molecule has 0 aliphatic heterocycles. The van der Waals surface area contributed by atoms with Crippen LogP contribution in [-0.4, -0.2) is 41.4 Å². The molecule has 0 aliphatic rings. The highest BCUT2D eigenvalue weighted by molar-refractivity contribution is 5.89. The van der Waals surface area contributed by atoms with E-state index in [2.05, 4.69) is 10.6 Å². The number of carbonyl (C=O) groups is 4. The molecule has 0 aliphatic carbocycles. The van der Waals surface area contributed by atoms with Crippen LogP contribution in [0.2, 0.25) is 0 Å². The van der Waals surface area contributed by atoms with E-state index in [1.165, 1.54) is 0 Å². The van der Waals surface area contributed by atoms with E-state index in [9.17, 15) is 19.2 Å². The number of carboxylic acids is 1. The second kappa shape index (κ2) is 7.46. The maximum atomic E-state index is 11.5. The number of hydrogen-bond donors (Lipinski definition) is 4. The lowest BCUT2D eigenvalue weighted by Gasteiger charge is -2.18. The molecule has 8 nitrogen and oxygen atoms in total. The smallest absolute Gasteiger partial charge is 0.326 e. The van der Waals surface area contributed by atoms with Gasteiger partial charge in [0.2, 0.25) is 17.7 Å². The summed E-state index contributed by atoms with van der Waals surface area (Å²) in [5, 5.41) is 13.5. The summed E-state index contributed by atoms with van der Waals surface area (Å²) in [5.74, 6) is -2.87. The largest absolute Gasteiger partial charge is 0.480 e. The van der Waals surface area contributed by atoms with Gasteiger partial charge in [0.15, 0.2) is 0 Å². The molecule has 114 valence electrons. The van der Waals surface area contributed by atoms with E-state index in [1.807, 2.05) is 0 Å². The number of nitrogens with two attached hydrogens (primary N) is 1. The molecule has 0 saturated heterocycles. The van der Waals surface area contributed by atoms with E-state index in [0.29, 0.717) is 0 Å². The number of rotatable bonds is 7. The number of aliphatic carboxylic acids is 1. The molecule has 5 N–H and O–H groups in total. The Morgan fingerprint density at radius 3 is 2.15 bits per heavy atom. The van der Waals surface area contributed by atoms with Gasteiger partial charge in [-0.1, -0.05) is 20.8 Å². The minimum absolute atomic E-state index is 0.0936. The minimum atomic E-state index is -1.26. The Labute approximate surface area is 117 Å². The highest BCUT2D eigenvalue weighted by Crippen LogP contribution is 2.11. The molecule has 20 heavy (non-hydrogen) atoms.